The largest absolute Gasteiger partial charge is 0.481 e. The molecule has 2 heterocycles. The van der Waals surface area contributed by atoms with E-state index >= 15 is 0 Å². The highest BCUT2D eigenvalue weighted by Crippen LogP contribution is 2.20. The summed E-state index contributed by atoms with van der Waals surface area (Å²) in [7, 11) is 0. The summed E-state index contributed by atoms with van der Waals surface area (Å²) in [5.41, 5.74) is 18.9. The minimum absolute atomic E-state index is 0.0255. The highest BCUT2D eigenvalue weighted by molar-refractivity contribution is 7.80. The second-order valence-electron chi connectivity index (χ2n) is 18.5. The third kappa shape index (κ3) is 20.1. The van der Waals surface area contributed by atoms with Crippen molar-refractivity contribution in [3.05, 3.63) is 90.1 Å². The lowest BCUT2D eigenvalue weighted by Gasteiger charge is -2.28. The van der Waals surface area contributed by atoms with Gasteiger partial charge in [0.25, 0.3) is 0 Å². The molecule has 0 saturated carbocycles. The molecule has 2 aromatic heterocycles. The number of aromatic amines is 2. The number of primary amides is 1. The number of H-pyrrole nitrogens is 2. The number of benzene rings is 2. The van der Waals surface area contributed by atoms with Crippen molar-refractivity contribution in [2.75, 3.05) is 18.1 Å². The summed E-state index contributed by atoms with van der Waals surface area (Å²) in [5.74, 6) is -9.86. The Hall–Kier alpha value is -8.14. The second kappa shape index (κ2) is 31.2. The summed E-state index contributed by atoms with van der Waals surface area (Å²) in [5, 5.41) is 31.1. The van der Waals surface area contributed by atoms with Crippen LogP contribution in [0.4, 0.5) is 0 Å². The molecule has 4 aromatic rings. The first-order chi connectivity index (χ1) is 37.1. The number of imidazole rings is 1. The number of nitrogens with two attached hydrogens (primary N) is 3. The molecule has 17 N–H and O–H groups in total. The van der Waals surface area contributed by atoms with Gasteiger partial charge in [-0.3, -0.25) is 52.9 Å². The fraction of sp³-hybridized carbons (Fsp3) is 0.440. The number of hydrogen-bond acceptors (Lipinski definition) is 14. The van der Waals surface area contributed by atoms with Crippen molar-refractivity contribution in [3.8, 4) is 0 Å². The molecule has 9 amide bonds. The normalized spacial score (nSPS) is 14.1. The van der Waals surface area contributed by atoms with Gasteiger partial charge in [-0.05, 0) is 42.4 Å². The van der Waals surface area contributed by atoms with Crippen LogP contribution in [0.5, 0.6) is 0 Å². The molecular formula is C50H69N15O11S2. The number of thiol groups is 2. The number of carbonyl (C=O) groups is 10. The van der Waals surface area contributed by atoms with Gasteiger partial charge in [-0.15, -0.1) is 0 Å². The Labute approximate surface area is 460 Å². The molecule has 2 aromatic carbocycles. The van der Waals surface area contributed by atoms with Crippen LogP contribution in [-0.4, -0.2) is 152 Å². The van der Waals surface area contributed by atoms with Crippen molar-refractivity contribution >= 4 is 101 Å². The van der Waals surface area contributed by atoms with Gasteiger partial charge in [0.1, 0.15) is 48.3 Å². The summed E-state index contributed by atoms with van der Waals surface area (Å²) in [6.45, 7) is 4.59. The average molecular weight is 1120 g/mol. The third-order valence-electron chi connectivity index (χ3n) is 12.1. The monoisotopic (exact) mass is 1120 g/mol. The standard InChI is InChI=1S/C50H69N15O11S2/c1-26(2)41(58-27(3)66)49(76)65-39(24-78)48(75)60-34(15-16-40(67)68)44(71)63-37(20-30-22-54-25-57-30)47(74)61-35(18-28-10-5-4-6-11-28)45(72)59-33(14-9-17-55-50(52)53)43(70)62-36(46(73)64-38(23-77)42(51)69)19-29-21-56-32-13-8-7-12-31(29)32/h4-8,10-13,21-22,25-26,33-39,41,56,77-78H,9,14-20,23-24H2,1-3H3,(H2,51,69)(H,54,57)(H,58,66)(H,59,72)(H,60,75)(H,61,74)(H,62,70)(H,63,71)(H,64,73)(H,65,76)(H,67,68)(H4,52,53,55)/t33-,34-,35+,36-,37-,38-,39-,41-/m0/s1. The highest BCUT2D eigenvalue weighted by Gasteiger charge is 2.35. The Kier molecular flexibility index (Phi) is 24.9. The number of aliphatic carboxylic acids is 1. The van der Waals surface area contributed by atoms with Gasteiger partial charge < -0.3 is 74.8 Å². The summed E-state index contributed by atoms with van der Waals surface area (Å²) < 4.78 is 0. The van der Waals surface area contributed by atoms with Crippen molar-refractivity contribution in [3.63, 3.8) is 0 Å². The number of carboxylic acid groups (broad SMARTS) is 1. The maximum atomic E-state index is 14.7. The number of fused-ring (bicyclic) bond motifs is 1. The minimum Gasteiger partial charge on any atom is -0.481 e. The van der Waals surface area contributed by atoms with Crippen LogP contribution in [0.3, 0.4) is 0 Å². The Morgan fingerprint density at radius 1 is 0.615 bits per heavy atom. The van der Waals surface area contributed by atoms with E-state index in [9.17, 15) is 53.1 Å². The first-order valence-electron chi connectivity index (χ1n) is 24.8. The summed E-state index contributed by atoms with van der Waals surface area (Å²) in [4.78, 5) is 149. The number of guanidine groups is 1. The summed E-state index contributed by atoms with van der Waals surface area (Å²) >= 11 is 8.34. The van der Waals surface area contributed by atoms with E-state index in [1.807, 2.05) is 18.2 Å². The van der Waals surface area contributed by atoms with Crippen molar-refractivity contribution in [2.45, 2.75) is 114 Å². The van der Waals surface area contributed by atoms with Gasteiger partial charge in [0.2, 0.25) is 53.2 Å². The first-order valence-corrected chi connectivity index (χ1v) is 26.1. The van der Waals surface area contributed by atoms with E-state index in [1.54, 1.807) is 56.4 Å². The maximum Gasteiger partial charge on any atom is 0.303 e. The molecule has 422 valence electrons. The molecule has 78 heavy (non-hydrogen) atoms. The van der Waals surface area contributed by atoms with Gasteiger partial charge in [-0.2, -0.15) is 25.3 Å². The van der Waals surface area contributed by atoms with Gasteiger partial charge in [0.15, 0.2) is 5.96 Å². The van der Waals surface area contributed by atoms with Gasteiger partial charge in [-0.1, -0.05) is 62.4 Å². The fourth-order valence-corrected chi connectivity index (χ4v) is 8.50. The van der Waals surface area contributed by atoms with E-state index in [2.05, 4.69) is 87.7 Å². The van der Waals surface area contributed by atoms with Crippen molar-refractivity contribution < 1.29 is 53.1 Å². The van der Waals surface area contributed by atoms with Gasteiger partial charge in [0.05, 0.1) is 6.33 Å². The lowest BCUT2D eigenvalue weighted by molar-refractivity contribution is -0.138. The third-order valence-corrected chi connectivity index (χ3v) is 12.8. The summed E-state index contributed by atoms with van der Waals surface area (Å²) in [6, 6.07) is 4.76. The van der Waals surface area contributed by atoms with Crippen LogP contribution in [0.2, 0.25) is 0 Å². The number of aliphatic imine (C=N–C) groups is 1. The predicted molar refractivity (Wildman–Crippen MR) is 294 cm³/mol. The molecule has 0 aliphatic heterocycles. The zero-order chi connectivity index (χ0) is 57.5. The number of para-hydroxylation sites is 1. The predicted octanol–water partition coefficient (Wildman–Crippen LogP) is -2.26. The van der Waals surface area contributed by atoms with E-state index in [0.29, 0.717) is 16.8 Å². The number of amides is 9. The molecule has 0 radical (unpaired) electrons. The summed E-state index contributed by atoms with van der Waals surface area (Å²) in [6.07, 6.45) is 2.77. The van der Waals surface area contributed by atoms with E-state index in [4.69, 9.17) is 17.2 Å². The number of carboxylic acids is 1. The lowest BCUT2D eigenvalue weighted by atomic mass is 10.0. The molecule has 0 unspecified atom stereocenters. The van der Waals surface area contributed by atoms with Crippen LogP contribution in [0.1, 0.15) is 63.3 Å². The zero-order valence-electron chi connectivity index (χ0n) is 43.2. The molecule has 0 bridgehead atoms. The molecule has 0 spiro atoms. The SMILES string of the molecule is CC(=O)N[C@H](C(=O)N[C@@H](CS)C(=O)N[C@@H](CCC(=O)O)C(=O)N[C@@H](Cc1cnc[nH]1)C(=O)N[C@H](Cc1ccccc1)C(=O)N[C@@H](CCCN=C(N)N)C(=O)N[C@@H](Cc1c[nH]c2ccccc12)C(=O)N[C@@H](CS)C(N)=O)C(C)C. The Morgan fingerprint density at radius 2 is 1.13 bits per heavy atom. The van der Waals surface area contributed by atoms with Gasteiger partial charge >= 0.3 is 5.97 Å². The molecule has 0 fully saturated rings. The molecule has 4 rings (SSSR count). The number of rotatable bonds is 32. The van der Waals surface area contributed by atoms with E-state index < -0.39 is 126 Å². The average Bonchev–Trinajstić information content (AvgIpc) is 4.09. The van der Waals surface area contributed by atoms with Gasteiger partial charge in [0, 0.05) is 79.6 Å². The van der Waals surface area contributed by atoms with Crippen LogP contribution in [0.25, 0.3) is 10.9 Å². The van der Waals surface area contributed by atoms with Crippen LogP contribution < -0.4 is 59.7 Å². The highest BCUT2D eigenvalue weighted by atomic mass is 32.1. The zero-order valence-corrected chi connectivity index (χ0v) is 45.0. The van der Waals surface area contributed by atoms with E-state index in [0.717, 1.165) is 10.9 Å². The maximum absolute atomic E-state index is 14.7. The number of carbonyl (C=O) groups excluding carboxylic acids is 9. The second-order valence-corrected chi connectivity index (χ2v) is 19.3. The van der Waals surface area contributed by atoms with Crippen molar-refractivity contribution in [2.24, 2.45) is 28.1 Å². The van der Waals surface area contributed by atoms with Gasteiger partial charge in [-0.25, -0.2) is 4.98 Å². The Morgan fingerprint density at radius 3 is 1.67 bits per heavy atom. The van der Waals surface area contributed by atoms with Crippen LogP contribution in [0.15, 0.2) is 78.3 Å². The molecule has 8 atom stereocenters. The number of aromatic nitrogens is 3. The fourth-order valence-electron chi connectivity index (χ4n) is 7.97. The minimum atomic E-state index is -1.61. The quantitative estimate of drug-likeness (QED) is 0.0106. The molecule has 0 aliphatic carbocycles. The smallest absolute Gasteiger partial charge is 0.303 e. The van der Waals surface area contributed by atoms with E-state index in [-0.39, 0.29) is 56.1 Å². The van der Waals surface area contributed by atoms with Crippen molar-refractivity contribution in [1.29, 1.82) is 0 Å². The molecule has 0 saturated heterocycles. The topological polar surface area (TPSA) is 422 Å². The molecule has 26 nitrogen and oxygen atoms in total. The number of nitrogens with zero attached hydrogens (tertiary/aromatic N) is 2. The van der Waals surface area contributed by atoms with Crippen LogP contribution >= 0.6 is 25.3 Å². The Balaban J connectivity index is 1.67. The number of hydrogen-bond donors (Lipinski definition) is 16. The first kappa shape index (κ1) is 62.4. The number of nitrogens with one attached hydrogen (secondary N) is 10. The molecular weight excluding hydrogens is 1050 g/mol. The lowest BCUT2D eigenvalue weighted by Crippen LogP contribution is -2.61. The molecule has 0 aliphatic rings. The Bertz CT molecular complexity index is 2740. The van der Waals surface area contributed by atoms with Crippen LogP contribution in [0, 0.1) is 5.92 Å². The molecule has 28 heteroatoms. The van der Waals surface area contributed by atoms with E-state index in [1.165, 1.54) is 19.4 Å². The van der Waals surface area contributed by atoms with Crippen molar-refractivity contribution in [1.82, 2.24) is 57.5 Å². The van der Waals surface area contributed by atoms with Crippen LogP contribution in [-0.2, 0) is 67.2 Å².